The van der Waals surface area contributed by atoms with E-state index in [0.717, 1.165) is 56.7 Å². The van der Waals surface area contributed by atoms with Gasteiger partial charge in [-0.05, 0) is 334 Å². The third-order valence-electron chi connectivity index (χ3n) is 32.6. The summed E-state index contributed by atoms with van der Waals surface area (Å²) in [6.45, 7) is 11.6. The molecule has 0 atom stereocenters. The largest absolute Gasteiger partial charge is 0.310 e. The summed E-state index contributed by atoms with van der Waals surface area (Å²) in [4.78, 5) is 7.02. The summed E-state index contributed by atoms with van der Waals surface area (Å²) in [5, 5.41) is 9.55. The lowest BCUT2D eigenvalue weighted by Crippen LogP contribution is -2.26. The van der Waals surface area contributed by atoms with Crippen molar-refractivity contribution in [2.75, 3.05) is 14.7 Å². The van der Waals surface area contributed by atoms with Crippen LogP contribution in [0.15, 0.2) is 522 Å². The molecule has 4 nitrogen and oxygen atoms in total. The van der Waals surface area contributed by atoms with Gasteiger partial charge in [-0.1, -0.05) is 423 Å². The summed E-state index contributed by atoms with van der Waals surface area (Å²) >= 11 is 0. The Hall–Kier alpha value is -18.3. The second-order valence-electron chi connectivity index (χ2n) is 41.6. The third-order valence-corrected chi connectivity index (χ3v) is 32.6. The van der Waals surface area contributed by atoms with E-state index in [0.29, 0.717) is 5.56 Å². The minimum Gasteiger partial charge on any atom is -0.310 e. The van der Waals surface area contributed by atoms with E-state index >= 15 is 0 Å². The van der Waals surface area contributed by atoms with Gasteiger partial charge in [0.1, 0.15) is 5.82 Å². The number of fused-ring (bicyclic) bond motifs is 33. The zero-order valence-corrected chi connectivity index (χ0v) is 82.8. The molecule has 29 rings (SSSR count). The first-order chi connectivity index (χ1) is 72.7. The highest BCUT2D eigenvalue weighted by Crippen LogP contribution is 2.68. The van der Waals surface area contributed by atoms with Crippen molar-refractivity contribution in [1.29, 1.82) is 5.26 Å². The quantitative estimate of drug-likeness (QED) is 0.122. The molecule has 700 valence electrons. The molecule has 0 aliphatic heterocycles. The summed E-state index contributed by atoms with van der Waals surface area (Å²) in [6, 6.07) is 191. The fourth-order valence-electron chi connectivity index (χ4n) is 25.9. The number of hydrogen-bond acceptors (Lipinski definition) is 4. The second-order valence-corrected chi connectivity index (χ2v) is 41.6. The maximum atomic E-state index is 14.2. The van der Waals surface area contributed by atoms with Crippen molar-refractivity contribution >= 4 is 51.2 Å². The Labute approximate surface area is 864 Å². The topological polar surface area (TPSA) is 33.5 Å². The summed E-state index contributed by atoms with van der Waals surface area (Å²) in [6.07, 6.45) is 0. The highest BCUT2D eigenvalue weighted by atomic mass is 19.1. The van der Waals surface area contributed by atoms with E-state index in [4.69, 9.17) is 0 Å². The van der Waals surface area contributed by atoms with Gasteiger partial charge in [-0.2, -0.15) is 5.26 Å². The van der Waals surface area contributed by atoms with Crippen LogP contribution in [0.5, 0.6) is 0 Å². The predicted molar refractivity (Wildman–Crippen MR) is 610 cm³/mol. The van der Waals surface area contributed by atoms with Gasteiger partial charge in [0.2, 0.25) is 0 Å². The van der Waals surface area contributed by atoms with E-state index in [1.54, 1.807) is 0 Å². The summed E-state index contributed by atoms with van der Waals surface area (Å²) < 4.78 is 14.2. The van der Waals surface area contributed by atoms with Gasteiger partial charge in [0.05, 0.1) is 27.9 Å². The number of rotatable bonds is 12. The van der Waals surface area contributed by atoms with Crippen LogP contribution >= 0.6 is 0 Å². The number of benzene rings is 22. The fourth-order valence-corrected chi connectivity index (χ4v) is 25.9. The number of nitrogens with zero attached hydrogens (tertiary/aromatic N) is 4. The molecule has 0 saturated heterocycles. The number of hydrogen-bond donors (Lipinski definition) is 0. The van der Waals surface area contributed by atoms with Gasteiger partial charge in [0.25, 0.3) is 0 Å². The average Bonchev–Trinajstić information content (AvgIpc) is 1.51. The van der Waals surface area contributed by atoms with E-state index < -0.39 is 16.2 Å². The highest BCUT2D eigenvalue weighted by Gasteiger charge is 2.56. The lowest BCUT2D eigenvalue weighted by atomic mass is 9.70. The Kier molecular flexibility index (Phi) is 20.8. The lowest BCUT2D eigenvalue weighted by molar-refractivity contribution is 0.590. The first kappa shape index (κ1) is 88.6. The predicted octanol–water partition coefficient (Wildman–Crippen LogP) is 37.1. The van der Waals surface area contributed by atoms with Crippen LogP contribution in [0.1, 0.15) is 124 Å². The van der Waals surface area contributed by atoms with Gasteiger partial charge in [-0.25, -0.2) is 4.39 Å². The molecule has 0 saturated carbocycles. The third kappa shape index (κ3) is 13.6. The summed E-state index contributed by atoms with van der Waals surface area (Å²) in [5.74, 6) is -0.249. The normalized spacial score (nSPS) is 13.7. The molecule has 7 aliphatic rings. The van der Waals surface area contributed by atoms with Crippen molar-refractivity contribution < 1.29 is 4.39 Å². The molecule has 5 heteroatoms. The fraction of sp³-hybridized carbons (Fsp3) is 0.0699. The van der Waals surface area contributed by atoms with Gasteiger partial charge >= 0.3 is 0 Å². The second kappa shape index (κ2) is 34.7. The van der Waals surface area contributed by atoms with E-state index in [1.807, 2.05) is 48.5 Å². The molecule has 0 unspecified atom stereocenters. The van der Waals surface area contributed by atoms with Crippen LogP contribution < -0.4 is 14.7 Å². The van der Waals surface area contributed by atoms with Crippen molar-refractivity contribution in [1.82, 2.24) is 0 Å². The zero-order chi connectivity index (χ0) is 99.3. The van der Waals surface area contributed by atoms with Crippen LogP contribution in [0.4, 0.5) is 55.6 Å². The Morgan fingerprint density at radius 3 is 0.642 bits per heavy atom. The molecule has 7 aliphatic carbocycles. The minimum absolute atomic E-state index is 0.114. The molecule has 22 aromatic rings. The van der Waals surface area contributed by atoms with Crippen LogP contribution in [0, 0.1) is 17.1 Å². The molecule has 0 N–H and O–H groups in total. The average molecular weight is 1890 g/mol. The van der Waals surface area contributed by atoms with Crippen LogP contribution in [-0.4, -0.2) is 0 Å². The number of nitriles is 1. The maximum Gasteiger partial charge on any atom is 0.123 e. The molecular weight excluding hydrogens is 1790 g/mol. The van der Waals surface area contributed by atoms with Gasteiger partial charge < -0.3 is 14.7 Å². The van der Waals surface area contributed by atoms with Crippen molar-refractivity contribution in [3.05, 3.63) is 617 Å². The minimum atomic E-state index is -0.430. The van der Waals surface area contributed by atoms with E-state index in [1.165, 1.54) is 201 Å². The molecule has 0 heterocycles. The summed E-state index contributed by atoms with van der Waals surface area (Å²) in [7, 11) is 0. The van der Waals surface area contributed by atoms with Crippen LogP contribution in [0.3, 0.4) is 0 Å². The molecule has 0 amide bonds. The van der Waals surface area contributed by atoms with E-state index in [2.05, 4.69) is 516 Å². The molecule has 0 radical (unpaired) electrons. The standard InChI is InChI=1S/C56H45N.C44H28N2.C43H28FN/c1-54(2,3)38-26-22-36(23-27-38)37-24-28-39(29-25-37)57(40-30-32-46-42-14-6-10-18-48(42)55(4,5)52(46)34-40)41-31-33-47-45-17-9-13-21-51(45)56(53(47)35-41)49-19-11-7-15-43(49)44-16-8-12-20-50(44)56;45-29-30-18-22-33(23-19-30)46(34-24-20-32(21-25-34)31-10-2-1-3-11-31)35-26-27-39-38-14-6-9-17-42(38)44(43(39)28-35)40-15-7-4-12-36(40)37-13-5-8-16-41(37)44;44-31-20-24-33(25-21-31)45(32-22-18-30(19-23-32)29-10-2-1-3-11-29)34-26-27-38-37-14-6-9-17-41(37)43(42(38)28-34)39-15-7-4-12-35(39)36-13-5-8-16-40(36)43/h6-35H,1-5H3;1-28H;1-28H. The van der Waals surface area contributed by atoms with Gasteiger partial charge in [-0.3, -0.25) is 0 Å². The first-order valence-corrected chi connectivity index (χ1v) is 51.4. The molecule has 0 aromatic heterocycles. The Balaban J connectivity index is 0.000000111. The number of halogens is 1. The monoisotopic (exact) mass is 1890 g/mol. The zero-order valence-electron chi connectivity index (χ0n) is 82.8. The smallest absolute Gasteiger partial charge is 0.123 e. The van der Waals surface area contributed by atoms with Crippen molar-refractivity contribution in [2.24, 2.45) is 0 Å². The number of anilines is 9. The molecular formula is C143H101FN4. The molecule has 22 aromatic carbocycles. The summed E-state index contributed by atoms with van der Waals surface area (Å²) in [5.41, 5.74) is 54.3. The molecule has 0 bridgehead atoms. The van der Waals surface area contributed by atoms with Crippen molar-refractivity contribution in [3.8, 4) is 117 Å². The maximum absolute atomic E-state index is 14.2. The Morgan fingerprint density at radius 2 is 0.378 bits per heavy atom. The van der Waals surface area contributed by atoms with Gasteiger partial charge in [0.15, 0.2) is 0 Å². The Bertz CT molecular complexity index is 8910. The molecule has 0 fully saturated rings. The van der Waals surface area contributed by atoms with Crippen LogP contribution in [0.2, 0.25) is 0 Å². The van der Waals surface area contributed by atoms with Crippen LogP contribution in [0.25, 0.3) is 111 Å². The highest BCUT2D eigenvalue weighted by molar-refractivity contribution is 6.02. The molecule has 148 heavy (non-hydrogen) atoms. The van der Waals surface area contributed by atoms with Gasteiger partial charge in [-0.15, -0.1) is 0 Å². The van der Waals surface area contributed by atoms with E-state index in [9.17, 15) is 9.65 Å². The SMILES string of the molecule is CC(C)(C)c1ccc(-c2ccc(N(c3ccc4c(c3)C(C)(C)c3ccccc3-4)c3ccc4c(c3)C3(c5ccccc5-c5ccccc53)c3ccccc3-4)cc2)cc1.Fc1ccc(N(c2ccc(-c3ccccc3)cc2)c2ccc3c(c2)C2(c4ccccc4-c4ccccc42)c2ccccc2-3)cc1.N#Cc1ccc(N(c2ccc(-c3ccccc3)cc2)c2ccc3c(c2)C2(c4ccccc4-c4ccccc42)c2ccccc2-3)cc1. The van der Waals surface area contributed by atoms with Crippen molar-refractivity contribution in [3.63, 3.8) is 0 Å². The molecule has 3 spiro atoms. The first-order valence-electron chi connectivity index (χ1n) is 51.4. The van der Waals surface area contributed by atoms with Crippen LogP contribution in [-0.2, 0) is 27.1 Å². The van der Waals surface area contributed by atoms with Crippen molar-refractivity contribution in [2.45, 2.75) is 61.7 Å². The lowest BCUT2D eigenvalue weighted by Gasteiger charge is -2.32. The van der Waals surface area contributed by atoms with E-state index in [-0.39, 0.29) is 16.6 Å². The Morgan fingerprint density at radius 1 is 0.189 bits per heavy atom. The van der Waals surface area contributed by atoms with Gasteiger partial charge in [0, 0.05) is 56.6 Å².